The van der Waals surface area contributed by atoms with Gasteiger partial charge in [0.1, 0.15) is 11.9 Å². The van der Waals surface area contributed by atoms with Crippen molar-refractivity contribution in [2.24, 2.45) is 7.05 Å². The summed E-state index contributed by atoms with van der Waals surface area (Å²) < 4.78 is 1.96. The number of anilines is 1. The van der Waals surface area contributed by atoms with Gasteiger partial charge in [0.05, 0.1) is 0 Å². The molecule has 7 nitrogen and oxygen atoms in total. The van der Waals surface area contributed by atoms with Gasteiger partial charge in [0.25, 0.3) is 5.91 Å². The quantitative estimate of drug-likeness (QED) is 0.878. The average molecular weight is 353 g/mol. The molecule has 1 aromatic heterocycles. The van der Waals surface area contributed by atoms with Crippen LogP contribution in [0.5, 0.6) is 0 Å². The van der Waals surface area contributed by atoms with Crippen LogP contribution in [0, 0.1) is 0 Å². The van der Waals surface area contributed by atoms with Gasteiger partial charge in [0.15, 0.2) is 0 Å². The number of nitrogens with one attached hydrogen (secondary N) is 1. The molecule has 0 saturated carbocycles. The lowest BCUT2D eigenvalue weighted by Gasteiger charge is -2.36. The molecule has 1 atom stereocenters. The van der Waals surface area contributed by atoms with E-state index in [4.69, 9.17) is 0 Å². The summed E-state index contributed by atoms with van der Waals surface area (Å²) in [6, 6.07) is 5.57. The van der Waals surface area contributed by atoms with E-state index >= 15 is 0 Å². The first-order valence-electron chi connectivity index (χ1n) is 8.94. The molecule has 136 valence electrons. The summed E-state index contributed by atoms with van der Waals surface area (Å²) in [4.78, 5) is 33.1. The zero-order valence-electron chi connectivity index (χ0n) is 15.1. The SMILES string of the molecule is CN1C(=O)CCc2cc(C(=O)N3CCNCC3c3nccn3C)ccc21. The number of nitrogens with zero attached hydrogens (tertiary/aromatic N) is 4. The second-order valence-corrected chi connectivity index (χ2v) is 6.91. The highest BCUT2D eigenvalue weighted by molar-refractivity contribution is 5.99. The molecule has 0 spiro atoms. The van der Waals surface area contributed by atoms with Crippen molar-refractivity contribution in [2.75, 3.05) is 31.6 Å². The summed E-state index contributed by atoms with van der Waals surface area (Å²) in [5.74, 6) is 1.02. The van der Waals surface area contributed by atoms with Gasteiger partial charge in [-0.1, -0.05) is 0 Å². The number of carbonyl (C=O) groups excluding carboxylic acids is 2. The van der Waals surface area contributed by atoms with Crippen LogP contribution in [0.1, 0.15) is 34.2 Å². The van der Waals surface area contributed by atoms with Crippen LogP contribution in [0.3, 0.4) is 0 Å². The van der Waals surface area contributed by atoms with Crippen molar-refractivity contribution in [3.8, 4) is 0 Å². The molecule has 0 aliphatic carbocycles. The number of hydrogen-bond donors (Lipinski definition) is 1. The molecular weight excluding hydrogens is 330 g/mol. The highest BCUT2D eigenvalue weighted by Gasteiger charge is 2.31. The largest absolute Gasteiger partial charge is 0.336 e. The summed E-state index contributed by atoms with van der Waals surface area (Å²) in [7, 11) is 3.74. The van der Waals surface area contributed by atoms with Crippen molar-refractivity contribution < 1.29 is 9.59 Å². The lowest BCUT2D eigenvalue weighted by atomic mass is 9.98. The second kappa shape index (κ2) is 6.57. The third-order valence-electron chi connectivity index (χ3n) is 5.33. The molecule has 0 bridgehead atoms. The van der Waals surface area contributed by atoms with Crippen molar-refractivity contribution >= 4 is 17.5 Å². The smallest absolute Gasteiger partial charge is 0.254 e. The normalized spacial score (nSPS) is 20.2. The van der Waals surface area contributed by atoms with Crippen LogP contribution < -0.4 is 10.2 Å². The van der Waals surface area contributed by atoms with Crippen LogP contribution in [0.15, 0.2) is 30.6 Å². The summed E-state index contributed by atoms with van der Waals surface area (Å²) in [6.07, 6.45) is 4.84. The number of carbonyl (C=O) groups is 2. The maximum absolute atomic E-state index is 13.2. The molecule has 4 rings (SSSR count). The zero-order valence-corrected chi connectivity index (χ0v) is 15.1. The lowest BCUT2D eigenvalue weighted by Crippen LogP contribution is -2.49. The summed E-state index contributed by atoms with van der Waals surface area (Å²) in [5, 5.41) is 3.36. The predicted octanol–water partition coefficient (Wildman–Crippen LogP) is 1.12. The van der Waals surface area contributed by atoms with Gasteiger partial charge in [-0.3, -0.25) is 9.59 Å². The van der Waals surface area contributed by atoms with E-state index in [1.165, 1.54) is 0 Å². The Hall–Kier alpha value is -2.67. The van der Waals surface area contributed by atoms with E-state index < -0.39 is 0 Å². The predicted molar refractivity (Wildman–Crippen MR) is 98.0 cm³/mol. The Morgan fingerprint density at radius 2 is 2.12 bits per heavy atom. The lowest BCUT2D eigenvalue weighted by molar-refractivity contribution is -0.118. The van der Waals surface area contributed by atoms with Crippen molar-refractivity contribution in [1.82, 2.24) is 19.8 Å². The van der Waals surface area contributed by atoms with Gasteiger partial charge < -0.3 is 19.7 Å². The van der Waals surface area contributed by atoms with Gasteiger partial charge in [-0.05, 0) is 30.2 Å². The molecule has 2 aliphatic rings. The number of piperazine rings is 1. The Balaban J connectivity index is 1.64. The molecule has 2 aliphatic heterocycles. The number of fused-ring (bicyclic) bond motifs is 1. The van der Waals surface area contributed by atoms with E-state index in [0.717, 1.165) is 23.6 Å². The first-order valence-corrected chi connectivity index (χ1v) is 8.94. The number of benzene rings is 1. The molecule has 2 amide bonds. The standard InChI is InChI=1S/C19H23N5O2/c1-22-9-8-21-18(22)16-12-20-7-10-24(16)19(26)14-3-5-15-13(11-14)4-6-17(25)23(15)2/h3,5,8-9,11,16,20H,4,6-7,10,12H2,1-2H3. The summed E-state index contributed by atoms with van der Waals surface area (Å²) >= 11 is 0. The van der Waals surface area contributed by atoms with Gasteiger partial charge in [-0.25, -0.2) is 4.98 Å². The molecule has 1 fully saturated rings. The van der Waals surface area contributed by atoms with Gasteiger partial charge in [-0.15, -0.1) is 0 Å². The molecule has 26 heavy (non-hydrogen) atoms. The van der Waals surface area contributed by atoms with E-state index in [0.29, 0.717) is 31.5 Å². The number of amides is 2. The topological polar surface area (TPSA) is 70.5 Å². The van der Waals surface area contributed by atoms with E-state index in [-0.39, 0.29) is 17.9 Å². The van der Waals surface area contributed by atoms with E-state index in [1.54, 1.807) is 18.1 Å². The minimum Gasteiger partial charge on any atom is -0.336 e. The highest BCUT2D eigenvalue weighted by atomic mass is 16.2. The minimum atomic E-state index is -0.0865. The highest BCUT2D eigenvalue weighted by Crippen LogP contribution is 2.29. The van der Waals surface area contributed by atoms with Crippen LogP contribution in [-0.4, -0.2) is 52.9 Å². The number of rotatable bonds is 2. The summed E-state index contributed by atoms with van der Waals surface area (Å²) in [6.45, 7) is 2.11. The first kappa shape index (κ1) is 16.8. The minimum absolute atomic E-state index is 0.0156. The Labute approximate surface area is 152 Å². The van der Waals surface area contributed by atoms with Crippen molar-refractivity contribution in [3.05, 3.63) is 47.5 Å². The van der Waals surface area contributed by atoms with E-state index in [2.05, 4.69) is 10.3 Å². The van der Waals surface area contributed by atoms with Crippen molar-refractivity contribution in [2.45, 2.75) is 18.9 Å². The average Bonchev–Trinajstić information content (AvgIpc) is 3.09. The fourth-order valence-corrected chi connectivity index (χ4v) is 3.83. The maximum atomic E-state index is 13.2. The van der Waals surface area contributed by atoms with E-state index in [9.17, 15) is 9.59 Å². The first-order chi connectivity index (χ1) is 12.6. The third-order valence-corrected chi connectivity index (χ3v) is 5.33. The zero-order chi connectivity index (χ0) is 18.3. The molecule has 1 unspecified atom stereocenters. The van der Waals surface area contributed by atoms with E-state index in [1.807, 2.05) is 40.9 Å². The molecule has 7 heteroatoms. The molecule has 1 aromatic carbocycles. The van der Waals surface area contributed by atoms with Crippen molar-refractivity contribution in [1.29, 1.82) is 0 Å². The molecule has 3 heterocycles. The molecule has 1 N–H and O–H groups in total. The Morgan fingerprint density at radius 3 is 2.88 bits per heavy atom. The number of aromatic nitrogens is 2. The molecule has 0 radical (unpaired) electrons. The second-order valence-electron chi connectivity index (χ2n) is 6.91. The van der Waals surface area contributed by atoms with Crippen LogP contribution in [0.2, 0.25) is 0 Å². The van der Waals surface area contributed by atoms with Gasteiger partial charge in [0.2, 0.25) is 5.91 Å². The Kier molecular flexibility index (Phi) is 4.24. The van der Waals surface area contributed by atoms with Gasteiger partial charge in [-0.2, -0.15) is 0 Å². The van der Waals surface area contributed by atoms with Crippen LogP contribution in [0.4, 0.5) is 5.69 Å². The number of aryl methyl sites for hydroxylation is 2. The van der Waals surface area contributed by atoms with Crippen LogP contribution >= 0.6 is 0 Å². The molecular formula is C19H23N5O2. The third kappa shape index (κ3) is 2.78. The summed E-state index contributed by atoms with van der Waals surface area (Å²) in [5.41, 5.74) is 2.63. The Bertz CT molecular complexity index is 859. The Morgan fingerprint density at radius 1 is 1.27 bits per heavy atom. The maximum Gasteiger partial charge on any atom is 0.254 e. The number of imidazole rings is 1. The van der Waals surface area contributed by atoms with Crippen molar-refractivity contribution in [3.63, 3.8) is 0 Å². The van der Waals surface area contributed by atoms with Gasteiger partial charge >= 0.3 is 0 Å². The fourth-order valence-electron chi connectivity index (χ4n) is 3.83. The molecule has 2 aromatic rings. The monoisotopic (exact) mass is 353 g/mol. The van der Waals surface area contributed by atoms with Gasteiger partial charge in [0, 0.05) is 63.8 Å². The van der Waals surface area contributed by atoms with Crippen LogP contribution in [-0.2, 0) is 18.3 Å². The number of hydrogen-bond acceptors (Lipinski definition) is 4. The fraction of sp³-hybridized carbons (Fsp3) is 0.421. The molecule has 1 saturated heterocycles. The van der Waals surface area contributed by atoms with Crippen LogP contribution in [0.25, 0.3) is 0 Å².